The van der Waals surface area contributed by atoms with Crippen LogP contribution in [0.15, 0.2) is 42.7 Å². The summed E-state index contributed by atoms with van der Waals surface area (Å²) in [5.41, 5.74) is 2.53. The minimum absolute atomic E-state index is 0.262. The van der Waals surface area contributed by atoms with Crippen LogP contribution in [0.3, 0.4) is 0 Å². The number of hydrogen-bond acceptors (Lipinski definition) is 4. The van der Waals surface area contributed by atoms with Crippen LogP contribution in [-0.4, -0.2) is 64.0 Å². The Morgan fingerprint density at radius 2 is 1.96 bits per heavy atom. The fourth-order valence-electron chi connectivity index (χ4n) is 3.22. The Morgan fingerprint density at radius 1 is 1.13 bits per heavy atom. The molecule has 124 valence electrons. The van der Waals surface area contributed by atoms with Crippen LogP contribution in [-0.2, 0) is 13.1 Å². The van der Waals surface area contributed by atoms with Gasteiger partial charge in [-0.1, -0.05) is 30.3 Å². The smallest absolute Gasteiger partial charge is 0.0659 e. The lowest BCUT2D eigenvalue weighted by Gasteiger charge is -2.39. The number of benzene rings is 1. The molecule has 0 unspecified atom stereocenters. The predicted molar refractivity (Wildman–Crippen MR) is 91.2 cm³/mol. The second-order valence-electron chi connectivity index (χ2n) is 6.41. The van der Waals surface area contributed by atoms with Crippen LogP contribution in [0.25, 0.3) is 0 Å². The average molecular weight is 314 g/mol. The zero-order valence-corrected chi connectivity index (χ0v) is 13.8. The molecule has 1 aliphatic rings. The third-order valence-corrected chi connectivity index (χ3v) is 4.60. The van der Waals surface area contributed by atoms with Crippen molar-refractivity contribution in [1.29, 1.82) is 0 Å². The standard InChI is InChI=1S/C18H26N4O/c1-20-8-9-21(15-18(20)7-10-23)12-17-11-19-22(14-17)13-16-5-3-2-4-6-16/h2-6,11,14,18,23H,7-10,12-13,15H2,1H3/t18-/m0/s1. The molecular formula is C18H26N4O. The number of piperazine rings is 1. The predicted octanol–water partition coefficient (Wildman–Crippen LogP) is 1.43. The molecule has 0 amide bonds. The highest BCUT2D eigenvalue weighted by Crippen LogP contribution is 2.14. The zero-order chi connectivity index (χ0) is 16.1. The monoisotopic (exact) mass is 314 g/mol. The van der Waals surface area contributed by atoms with Crippen LogP contribution >= 0.6 is 0 Å². The summed E-state index contributed by atoms with van der Waals surface area (Å²) in [6.45, 7) is 5.16. The van der Waals surface area contributed by atoms with Crippen molar-refractivity contribution in [1.82, 2.24) is 19.6 Å². The highest BCUT2D eigenvalue weighted by atomic mass is 16.3. The largest absolute Gasteiger partial charge is 0.396 e. The van der Waals surface area contributed by atoms with Crippen molar-refractivity contribution in [2.24, 2.45) is 0 Å². The van der Waals surface area contributed by atoms with E-state index < -0.39 is 0 Å². The molecule has 2 aromatic rings. The van der Waals surface area contributed by atoms with E-state index in [4.69, 9.17) is 0 Å². The number of rotatable bonds is 6. The molecule has 0 aliphatic carbocycles. The maximum Gasteiger partial charge on any atom is 0.0659 e. The molecule has 1 aromatic heterocycles. The maximum atomic E-state index is 9.20. The molecule has 0 radical (unpaired) electrons. The van der Waals surface area contributed by atoms with E-state index in [0.717, 1.165) is 39.1 Å². The van der Waals surface area contributed by atoms with Crippen molar-refractivity contribution >= 4 is 0 Å². The molecular weight excluding hydrogens is 288 g/mol. The van der Waals surface area contributed by atoms with Crippen molar-refractivity contribution in [3.63, 3.8) is 0 Å². The average Bonchev–Trinajstić information content (AvgIpc) is 2.99. The van der Waals surface area contributed by atoms with Crippen molar-refractivity contribution in [2.45, 2.75) is 25.6 Å². The summed E-state index contributed by atoms with van der Waals surface area (Å²) in [6.07, 6.45) is 4.97. The van der Waals surface area contributed by atoms with E-state index in [1.807, 2.05) is 16.9 Å². The summed E-state index contributed by atoms with van der Waals surface area (Å²) in [5, 5.41) is 13.7. The second-order valence-corrected chi connectivity index (χ2v) is 6.41. The van der Waals surface area contributed by atoms with Gasteiger partial charge >= 0.3 is 0 Å². The molecule has 2 heterocycles. The minimum Gasteiger partial charge on any atom is -0.396 e. The lowest BCUT2D eigenvalue weighted by molar-refractivity contribution is 0.0743. The third kappa shape index (κ3) is 4.41. The Hall–Kier alpha value is -1.69. The first-order valence-electron chi connectivity index (χ1n) is 8.33. The number of hydrogen-bond donors (Lipinski definition) is 1. The SMILES string of the molecule is CN1CCN(Cc2cnn(Cc3ccccc3)c2)C[C@@H]1CCO. The minimum atomic E-state index is 0.262. The Kier molecular flexibility index (Phi) is 5.43. The molecule has 0 spiro atoms. The van der Waals surface area contributed by atoms with Gasteiger partial charge in [0.1, 0.15) is 0 Å². The molecule has 1 fully saturated rings. The summed E-state index contributed by atoms with van der Waals surface area (Å²) >= 11 is 0. The van der Waals surface area contributed by atoms with E-state index in [1.165, 1.54) is 11.1 Å². The quantitative estimate of drug-likeness (QED) is 0.876. The molecule has 23 heavy (non-hydrogen) atoms. The lowest BCUT2D eigenvalue weighted by Crippen LogP contribution is -2.51. The molecule has 0 bridgehead atoms. The summed E-state index contributed by atoms with van der Waals surface area (Å²) in [5.74, 6) is 0. The Balaban J connectivity index is 1.56. The Morgan fingerprint density at radius 3 is 2.74 bits per heavy atom. The van der Waals surface area contributed by atoms with E-state index in [9.17, 15) is 5.11 Å². The van der Waals surface area contributed by atoms with E-state index in [2.05, 4.69) is 52.4 Å². The van der Waals surface area contributed by atoms with E-state index in [0.29, 0.717) is 6.04 Å². The Labute approximate surface area is 138 Å². The molecule has 0 saturated carbocycles. The van der Waals surface area contributed by atoms with Gasteiger partial charge in [-0.15, -0.1) is 0 Å². The highest BCUT2D eigenvalue weighted by Gasteiger charge is 2.23. The third-order valence-electron chi connectivity index (χ3n) is 4.60. The van der Waals surface area contributed by atoms with Crippen LogP contribution in [0, 0.1) is 0 Å². The molecule has 1 atom stereocenters. The van der Waals surface area contributed by atoms with E-state index in [1.54, 1.807) is 0 Å². The van der Waals surface area contributed by atoms with Crippen molar-refractivity contribution in [3.8, 4) is 0 Å². The summed E-state index contributed by atoms with van der Waals surface area (Å²) in [6, 6.07) is 10.9. The lowest BCUT2D eigenvalue weighted by atomic mass is 10.1. The van der Waals surface area contributed by atoms with Gasteiger partial charge in [0.05, 0.1) is 12.7 Å². The van der Waals surface area contributed by atoms with Crippen LogP contribution in [0.4, 0.5) is 0 Å². The molecule has 1 aliphatic heterocycles. The maximum absolute atomic E-state index is 9.20. The molecule has 1 saturated heterocycles. The van der Waals surface area contributed by atoms with Crippen LogP contribution in [0.1, 0.15) is 17.5 Å². The first kappa shape index (κ1) is 16.2. The first-order chi connectivity index (χ1) is 11.2. The highest BCUT2D eigenvalue weighted by molar-refractivity contribution is 5.15. The number of nitrogens with zero attached hydrogens (tertiary/aromatic N) is 4. The van der Waals surface area contributed by atoms with Gasteiger partial charge < -0.3 is 10.0 Å². The van der Waals surface area contributed by atoms with E-state index in [-0.39, 0.29) is 6.61 Å². The Bertz CT molecular complexity index is 598. The van der Waals surface area contributed by atoms with Crippen LogP contribution in [0.5, 0.6) is 0 Å². The number of likely N-dealkylation sites (N-methyl/N-ethyl adjacent to an activating group) is 1. The summed E-state index contributed by atoms with van der Waals surface area (Å²) in [4.78, 5) is 4.82. The topological polar surface area (TPSA) is 44.5 Å². The number of aliphatic hydroxyl groups excluding tert-OH is 1. The van der Waals surface area contributed by atoms with Gasteiger partial charge in [0.25, 0.3) is 0 Å². The zero-order valence-electron chi connectivity index (χ0n) is 13.8. The first-order valence-corrected chi connectivity index (χ1v) is 8.33. The van der Waals surface area contributed by atoms with Crippen LogP contribution in [0.2, 0.25) is 0 Å². The summed E-state index contributed by atoms with van der Waals surface area (Å²) < 4.78 is 2.01. The van der Waals surface area contributed by atoms with Crippen LogP contribution < -0.4 is 0 Å². The van der Waals surface area contributed by atoms with Gasteiger partial charge in [-0.2, -0.15) is 5.10 Å². The summed E-state index contributed by atoms with van der Waals surface area (Å²) in [7, 11) is 2.15. The van der Waals surface area contributed by atoms with E-state index >= 15 is 0 Å². The number of aromatic nitrogens is 2. The fourth-order valence-corrected chi connectivity index (χ4v) is 3.22. The van der Waals surface area contributed by atoms with Gasteiger partial charge in [0, 0.05) is 50.6 Å². The van der Waals surface area contributed by atoms with Gasteiger partial charge in [-0.3, -0.25) is 9.58 Å². The molecule has 1 aromatic carbocycles. The van der Waals surface area contributed by atoms with Gasteiger partial charge in [0.2, 0.25) is 0 Å². The van der Waals surface area contributed by atoms with Crippen molar-refractivity contribution in [2.75, 3.05) is 33.3 Å². The normalized spacial score (nSPS) is 20.0. The van der Waals surface area contributed by atoms with Crippen molar-refractivity contribution < 1.29 is 5.11 Å². The van der Waals surface area contributed by atoms with Crippen molar-refractivity contribution in [3.05, 3.63) is 53.9 Å². The van der Waals surface area contributed by atoms with Gasteiger partial charge in [0.15, 0.2) is 0 Å². The van der Waals surface area contributed by atoms with Gasteiger partial charge in [-0.05, 0) is 19.0 Å². The molecule has 3 rings (SSSR count). The van der Waals surface area contributed by atoms with Gasteiger partial charge in [-0.25, -0.2) is 0 Å². The molecule has 5 nitrogen and oxygen atoms in total. The fraction of sp³-hybridized carbons (Fsp3) is 0.500. The number of aliphatic hydroxyl groups is 1. The second kappa shape index (κ2) is 7.73. The molecule has 1 N–H and O–H groups in total. The molecule has 5 heteroatoms.